The minimum atomic E-state index is -0.793. The SMILES string of the molecule is Cc1ccc(NCC2(C(=O)O)COC2)cc1. The van der Waals surface area contributed by atoms with Crippen LogP contribution in [0.3, 0.4) is 0 Å². The smallest absolute Gasteiger partial charge is 0.316 e. The average molecular weight is 221 g/mol. The molecule has 4 heteroatoms. The molecule has 0 aliphatic carbocycles. The fourth-order valence-electron chi connectivity index (χ4n) is 1.59. The fourth-order valence-corrected chi connectivity index (χ4v) is 1.59. The van der Waals surface area contributed by atoms with Gasteiger partial charge in [-0.25, -0.2) is 0 Å². The summed E-state index contributed by atoms with van der Waals surface area (Å²) >= 11 is 0. The highest BCUT2D eigenvalue weighted by atomic mass is 16.5. The lowest BCUT2D eigenvalue weighted by Crippen LogP contribution is -2.53. The molecule has 0 spiro atoms. The zero-order valence-electron chi connectivity index (χ0n) is 9.19. The van der Waals surface area contributed by atoms with Gasteiger partial charge in [0.2, 0.25) is 0 Å². The van der Waals surface area contributed by atoms with Crippen molar-refractivity contribution in [2.75, 3.05) is 25.1 Å². The molecule has 1 aromatic carbocycles. The Bertz CT molecular complexity index is 382. The number of hydrogen-bond acceptors (Lipinski definition) is 3. The van der Waals surface area contributed by atoms with Crippen molar-refractivity contribution in [3.63, 3.8) is 0 Å². The van der Waals surface area contributed by atoms with Gasteiger partial charge in [-0.1, -0.05) is 17.7 Å². The molecule has 1 saturated heterocycles. The van der Waals surface area contributed by atoms with Crippen LogP contribution in [-0.4, -0.2) is 30.8 Å². The van der Waals surface area contributed by atoms with Gasteiger partial charge in [0.1, 0.15) is 5.41 Å². The maximum atomic E-state index is 11.1. The summed E-state index contributed by atoms with van der Waals surface area (Å²) in [5.74, 6) is -0.793. The van der Waals surface area contributed by atoms with Gasteiger partial charge in [0.25, 0.3) is 0 Å². The Morgan fingerprint density at radius 1 is 1.44 bits per heavy atom. The van der Waals surface area contributed by atoms with E-state index in [1.54, 1.807) is 0 Å². The van der Waals surface area contributed by atoms with Crippen LogP contribution in [-0.2, 0) is 9.53 Å². The fraction of sp³-hybridized carbons (Fsp3) is 0.417. The van der Waals surface area contributed by atoms with E-state index in [9.17, 15) is 4.79 Å². The second kappa shape index (κ2) is 4.14. The maximum absolute atomic E-state index is 11.1. The number of anilines is 1. The van der Waals surface area contributed by atoms with Crippen LogP contribution in [0.25, 0.3) is 0 Å². The molecule has 0 amide bonds. The Balaban J connectivity index is 1.96. The van der Waals surface area contributed by atoms with E-state index in [2.05, 4.69) is 5.32 Å². The van der Waals surface area contributed by atoms with Crippen LogP contribution < -0.4 is 5.32 Å². The molecule has 0 aromatic heterocycles. The number of rotatable bonds is 4. The van der Waals surface area contributed by atoms with Gasteiger partial charge in [-0.3, -0.25) is 4.79 Å². The van der Waals surface area contributed by atoms with Crippen LogP contribution in [0.2, 0.25) is 0 Å². The molecule has 16 heavy (non-hydrogen) atoms. The Morgan fingerprint density at radius 2 is 2.06 bits per heavy atom. The number of benzene rings is 1. The third-order valence-corrected chi connectivity index (χ3v) is 2.89. The number of carbonyl (C=O) groups is 1. The van der Waals surface area contributed by atoms with Gasteiger partial charge in [0, 0.05) is 12.2 Å². The molecule has 0 unspecified atom stereocenters. The largest absolute Gasteiger partial charge is 0.481 e. The third kappa shape index (κ3) is 2.02. The van der Waals surface area contributed by atoms with Crippen LogP contribution in [0.15, 0.2) is 24.3 Å². The summed E-state index contributed by atoms with van der Waals surface area (Å²) in [5.41, 5.74) is 1.38. The average Bonchev–Trinajstić information content (AvgIpc) is 2.18. The first-order valence-corrected chi connectivity index (χ1v) is 5.24. The van der Waals surface area contributed by atoms with E-state index in [0.717, 1.165) is 5.69 Å². The highest BCUT2D eigenvalue weighted by Crippen LogP contribution is 2.28. The van der Waals surface area contributed by atoms with Gasteiger partial charge in [0.05, 0.1) is 13.2 Å². The van der Waals surface area contributed by atoms with Crippen LogP contribution in [0.5, 0.6) is 0 Å². The van der Waals surface area contributed by atoms with Crippen molar-refractivity contribution in [2.45, 2.75) is 6.92 Å². The molecule has 0 radical (unpaired) electrons. The van der Waals surface area contributed by atoms with Crippen LogP contribution in [0.4, 0.5) is 5.69 Å². The van der Waals surface area contributed by atoms with Crippen LogP contribution in [0.1, 0.15) is 5.56 Å². The van der Waals surface area contributed by atoms with Crippen molar-refractivity contribution in [1.29, 1.82) is 0 Å². The summed E-state index contributed by atoms with van der Waals surface area (Å²) < 4.78 is 4.99. The molecule has 0 atom stereocenters. The predicted octanol–water partition coefficient (Wildman–Crippen LogP) is 1.51. The third-order valence-electron chi connectivity index (χ3n) is 2.89. The topological polar surface area (TPSA) is 58.6 Å². The number of carboxylic acid groups (broad SMARTS) is 1. The van der Waals surface area contributed by atoms with Crippen molar-refractivity contribution >= 4 is 11.7 Å². The lowest BCUT2D eigenvalue weighted by molar-refractivity contribution is -0.176. The van der Waals surface area contributed by atoms with E-state index in [-0.39, 0.29) is 0 Å². The lowest BCUT2D eigenvalue weighted by atomic mass is 9.86. The zero-order chi connectivity index (χ0) is 11.6. The first kappa shape index (κ1) is 11.0. The molecular formula is C12H15NO3. The Hall–Kier alpha value is -1.55. The van der Waals surface area contributed by atoms with Gasteiger partial charge in [-0.15, -0.1) is 0 Å². The van der Waals surface area contributed by atoms with Gasteiger partial charge in [-0.05, 0) is 19.1 Å². The number of aryl methyl sites for hydroxylation is 1. The number of nitrogens with one attached hydrogen (secondary N) is 1. The van der Waals surface area contributed by atoms with Gasteiger partial charge < -0.3 is 15.2 Å². The molecule has 1 fully saturated rings. The summed E-state index contributed by atoms with van der Waals surface area (Å²) in [5, 5.41) is 12.2. The zero-order valence-corrected chi connectivity index (χ0v) is 9.19. The Labute approximate surface area is 94.2 Å². The molecule has 1 aliphatic rings. The molecule has 0 saturated carbocycles. The van der Waals surface area contributed by atoms with E-state index in [1.165, 1.54) is 5.56 Å². The van der Waals surface area contributed by atoms with Crippen molar-refractivity contribution in [1.82, 2.24) is 0 Å². The van der Waals surface area contributed by atoms with Crippen LogP contribution in [0, 0.1) is 12.3 Å². The normalized spacial score (nSPS) is 17.6. The van der Waals surface area contributed by atoms with E-state index in [0.29, 0.717) is 19.8 Å². The molecule has 1 aromatic rings. The number of carboxylic acids is 1. The molecule has 1 aliphatic heterocycles. The second-order valence-electron chi connectivity index (χ2n) is 4.30. The maximum Gasteiger partial charge on any atom is 0.316 e. The minimum absolute atomic E-state index is 0.293. The Kier molecular flexibility index (Phi) is 2.83. The molecule has 0 bridgehead atoms. The van der Waals surface area contributed by atoms with Crippen molar-refractivity contribution in [2.24, 2.45) is 5.41 Å². The number of aliphatic carboxylic acids is 1. The molecule has 2 N–H and O–H groups in total. The molecule has 4 nitrogen and oxygen atoms in total. The second-order valence-corrected chi connectivity index (χ2v) is 4.30. The van der Waals surface area contributed by atoms with Crippen molar-refractivity contribution in [3.05, 3.63) is 29.8 Å². The summed E-state index contributed by atoms with van der Waals surface area (Å²) in [7, 11) is 0. The highest BCUT2D eigenvalue weighted by molar-refractivity contribution is 5.77. The first-order chi connectivity index (χ1) is 7.62. The molecule has 2 rings (SSSR count). The van der Waals surface area contributed by atoms with E-state index >= 15 is 0 Å². The monoisotopic (exact) mass is 221 g/mol. The van der Waals surface area contributed by atoms with E-state index < -0.39 is 11.4 Å². The Morgan fingerprint density at radius 3 is 2.50 bits per heavy atom. The summed E-state index contributed by atoms with van der Waals surface area (Å²) in [4.78, 5) is 11.1. The van der Waals surface area contributed by atoms with E-state index in [1.807, 2.05) is 31.2 Å². The predicted molar refractivity (Wildman–Crippen MR) is 60.6 cm³/mol. The van der Waals surface area contributed by atoms with E-state index in [4.69, 9.17) is 9.84 Å². The number of hydrogen-bond donors (Lipinski definition) is 2. The summed E-state index contributed by atoms with van der Waals surface area (Å²) in [6.07, 6.45) is 0. The summed E-state index contributed by atoms with van der Waals surface area (Å²) in [6.45, 7) is 3.01. The van der Waals surface area contributed by atoms with Gasteiger partial charge in [0.15, 0.2) is 0 Å². The highest BCUT2D eigenvalue weighted by Gasteiger charge is 2.46. The standard InChI is InChI=1S/C12H15NO3/c1-9-2-4-10(5-3-9)13-6-12(11(14)15)7-16-8-12/h2-5,13H,6-8H2,1H3,(H,14,15). The quantitative estimate of drug-likeness (QED) is 0.809. The van der Waals surface area contributed by atoms with Crippen molar-refractivity contribution in [3.8, 4) is 0 Å². The molecular weight excluding hydrogens is 206 g/mol. The summed E-state index contributed by atoms with van der Waals surface area (Å²) in [6, 6.07) is 7.88. The lowest BCUT2D eigenvalue weighted by Gasteiger charge is -2.37. The minimum Gasteiger partial charge on any atom is -0.481 e. The van der Waals surface area contributed by atoms with Gasteiger partial charge in [-0.2, -0.15) is 0 Å². The van der Waals surface area contributed by atoms with Crippen LogP contribution >= 0.6 is 0 Å². The number of ether oxygens (including phenoxy) is 1. The van der Waals surface area contributed by atoms with Gasteiger partial charge >= 0.3 is 5.97 Å². The van der Waals surface area contributed by atoms with Crippen molar-refractivity contribution < 1.29 is 14.6 Å². The molecule has 86 valence electrons. The first-order valence-electron chi connectivity index (χ1n) is 5.24. The molecule has 1 heterocycles.